The van der Waals surface area contributed by atoms with E-state index in [-0.39, 0.29) is 6.03 Å². The molecule has 0 spiro atoms. The maximum atomic E-state index is 13.3. The number of fused-ring (bicyclic) bond motifs is 1. The largest absolute Gasteiger partial charge is 0.369 e. The van der Waals surface area contributed by atoms with Gasteiger partial charge in [0.1, 0.15) is 0 Å². The number of anilines is 3. The first kappa shape index (κ1) is 26.3. The summed E-state index contributed by atoms with van der Waals surface area (Å²) < 4.78 is 1.02. The minimum absolute atomic E-state index is 0.306. The van der Waals surface area contributed by atoms with Gasteiger partial charge in [-0.25, -0.2) is 14.9 Å². The van der Waals surface area contributed by atoms with Gasteiger partial charge in [-0.3, -0.25) is 0 Å². The molecule has 0 aliphatic heterocycles. The number of nitrogens with zero attached hydrogens (tertiary/aromatic N) is 5. The summed E-state index contributed by atoms with van der Waals surface area (Å²) >= 11 is 1.54. The van der Waals surface area contributed by atoms with Crippen molar-refractivity contribution < 1.29 is 4.79 Å². The van der Waals surface area contributed by atoms with Crippen LogP contribution in [0, 0.1) is 11.8 Å². The Kier molecular flexibility index (Phi) is 7.83. The number of hydrogen-bond donors (Lipinski definition) is 3. The van der Waals surface area contributed by atoms with E-state index in [1.165, 1.54) is 0 Å². The van der Waals surface area contributed by atoms with Gasteiger partial charge >= 0.3 is 6.03 Å². The predicted molar refractivity (Wildman–Crippen MR) is 159 cm³/mol. The molecule has 0 atom stereocenters. The van der Waals surface area contributed by atoms with Crippen LogP contribution in [0.3, 0.4) is 0 Å². The van der Waals surface area contributed by atoms with Crippen LogP contribution in [0.4, 0.5) is 21.9 Å². The highest BCUT2D eigenvalue weighted by molar-refractivity contribution is 7.16. The summed E-state index contributed by atoms with van der Waals surface area (Å²) in [7, 11) is 0. The smallest absolute Gasteiger partial charge is 0.323 e. The van der Waals surface area contributed by atoms with Crippen molar-refractivity contribution in [2.75, 3.05) is 28.6 Å². The summed E-state index contributed by atoms with van der Waals surface area (Å²) in [6, 6.07) is 19.6. The number of aromatic nitrogens is 5. The predicted octanol–water partition coefficient (Wildman–Crippen LogP) is 6.91. The van der Waals surface area contributed by atoms with Crippen LogP contribution in [0.5, 0.6) is 0 Å². The van der Waals surface area contributed by atoms with Gasteiger partial charge in [-0.05, 0) is 63.7 Å². The van der Waals surface area contributed by atoms with Gasteiger partial charge in [0, 0.05) is 24.3 Å². The molecule has 0 fully saturated rings. The SMILES string of the molecule is CC(C)CN(CC(C)C)c1ccc(-c2ccccc2-c2nnn[nH]2)cc1NC(=O)Nc1ccc2ncsc2c1. The van der Waals surface area contributed by atoms with Crippen molar-refractivity contribution >= 4 is 44.6 Å². The van der Waals surface area contributed by atoms with E-state index < -0.39 is 0 Å². The van der Waals surface area contributed by atoms with Crippen molar-refractivity contribution in [3.05, 3.63) is 66.2 Å². The Morgan fingerprint density at radius 1 is 0.949 bits per heavy atom. The van der Waals surface area contributed by atoms with E-state index in [4.69, 9.17) is 0 Å². The quantitative estimate of drug-likeness (QED) is 0.187. The number of H-pyrrole nitrogens is 1. The van der Waals surface area contributed by atoms with Gasteiger partial charge in [0.25, 0.3) is 0 Å². The normalized spacial score (nSPS) is 11.3. The molecule has 0 saturated carbocycles. The second-order valence-electron chi connectivity index (χ2n) is 10.3. The highest BCUT2D eigenvalue weighted by Crippen LogP contribution is 2.36. The van der Waals surface area contributed by atoms with Crippen LogP contribution < -0.4 is 15.5 Å². The van der Waals surface area contributed by atoms with Crippen LogP contribution in [-0.2, 0) is 0 Å². The van der Waals surface area contributed by atoms with Gasteiger partial charge in [-0.2, -0.15) is 0 Å². The molecule has 0 saturated heterocycles. The number of benzene rings is 3. The van der Waals surface area contributed by atoms with E-state index in [2.05, 4.69) is 81.0 Å². The maximum Gasteiger partial charge on any atom is 0.323 e. The number of carbonyl (C=O) groups is 1. The number of carbonyl (C=O) groups excluding carboxylic acids is 1. The lowest BCUT2D eigenvalue weighted by Crippen LogP contribution is -2.32. The summed E-state index contributed by atoms with van der Waals surface area (Å²) in [6.07, 6.45) is 0. The Balaban J connectivity index is 1.52. The number of rotatable bonds is 9. The van der Waals surface area contributed by atoms with E-state index in [1.54, 1.807) is 16.8 Å². The van der Waals surface area contributed by atoms with Gasteiger partial charge in [0.2, 0.25) is 0 Å². The van der Waals surface area contributed by atoms with Crippen LogP contribution in [0.15, 0.2) is 66.2 Å². The first-order chi connectivity index (χ1) is 18.9. The highest BCUT2D eigenvalue weighted by atomic mass is 32.1. The Hall–Kier alpha value is -4.31. The minimum atomic E-state index is -0.306. The minimum Gasteiger partial charge on any atom is -0.369 e. The zero-order chi connectivity index (χ0) is 27.4. The molecule has 0 bridgehead atoms. The lowest BCUT2D eigenvalue weighted by molar-refractivity contribution is 0.262. The lowest BCUT2D eigenvalue weighted by atomic mass is 9.97. The van der Waals surface area contributed by atoms with Crippen LogP contribution in [0.2, 0.25) is 0 Å². The Bertz CT molecular complexity index is 1550. The molecule has 3 aromatic carbocycles. The summed E-state index contributed by atoms with van der Waals surface area (Å²) in [6.45, 7) is 10.6. The maximum absolute atomic E-state index is 13.3. The average molecular weight is 541 g/mol. The summed E-state index contributed by atoms with van der Waals surface area (Å²) in [5.74, 6) is 1.49. The highest BCUT2D eigenvalue weighted by Gasteiger charge is 2.19. The zero-order valence-electron chi connectivity index (χ0n) is 22.5. The monoisotopic (exact) mass is 540 g/mol. The molecule has 5 aromatic rings. The van der Waals surface area contributed by atoms with E-state index in [9.17, 15) is 4.79 Å². The fourth-order valence-corrected chi connectivity index (χ4v) is 5.38. The van der Waals surface area contributed by atoms with Crippen molar-refractivity contribution in [2.45, 2.75) is 27.7 Å². The van der Waals surface area contributed by atoms with Crippen LogP contribution >= 0.6 is 11.3 Å². The van der Waals surface area contributed by atoms with Gasteiger partial charge < -0.3 is 15.5 Å². The molecule has 200 valence electrons. The van der Waals surface area contributed by atoms with Crippen LogP contribution in [-0.4, -0.2) is 44.7 Å². The Morgan fingerprint density at radius 3 is 2.44 bits per heavy atom. The topological polar surface area (TPSA) is 112 Å². The van der Waals surface area contributed by atoms with Crippen molar-refractivity contribution in [1.29, 1.82) is 0 Å². The molecule has 2 amide bonds. The van der Waals surface area contributed by atoms with Crippen molar-refractivity contribution in [1.82, 2.24) is 25.6 Å². The molecule has 10 heteroatoms. The standard InChI is InChI=1S/C29H32N8OS/c1-18(2)15-37(16-19(3)4)26-12-9-20(22-7-5-6-8-23(22)28-33-35-36-34-28)13-25(26)32-29(38)31-21-10-11-24-27(14-21)39-17-30-24/h5-14,17-19H,15-16H2,1-4H3,(H2,31,32,38)(H,33,34,35,36). The second kappa shape index (κ2) is 11.6. The van der Waals surface area contributed by atoms with Gasteiger partial charge in [-0.1, -0.05) is 58.0 Å². The lowest BCUT2D eigenvalue weighted by Gasteiger charge is -2.31. The first-order valence-corrected chi connectivity index (χ1v) is 13.9. The van der Waals surface area contributed by atoms with Gasteiger partial charge in [-0.15, -0.1) is 16.4 Å². The van der Waals surface area contributed by atoms with Crippen LogP contribution in [0.1, 0.15) is 27.7 Å². The fourth-order valence-electron chi connectivity index (χ4n) is 4.66. The number of nitrogens with one attached hydrogen (secondary N) is 3. The molecule has 3 N–H and O–H groups in total. The van der Waals surface area contributed by atoms with Gasteiger partial charge in [0.15, 0.2) is 5.82 Å². The summed E-state index contributed by atoms with van der Waals surface area (Å²) in [5.41, 5.74) is 7.93. The van der Waals surface area contributed by atoms with Crippen LogP contribution in [0.25, 0.3) is 32.7 Å². The molecule has 0 radical (unpaired) electrons. The zero-order valence-corrected chi connectivity index (χ0v) is 23.3. The molecular formula is C29H32N8OS. The van der Waals surface area contributed by atoms with Crippen molar-refractivity contribution in [2.24, 2.45) is 11.8 Å². The van der Waals surface area contributed by atoms with Crippen molar-refractivity contribution in [3.8, 4) is 22.5 Å². The molecule has 5 rings (SSSR count). The number of thiazole rings is 1. The van der Waals surface area contributed by atoms with Gasteiger partial charge in [0.05, 0.1) is 27.1 Å². The van der Waals surface area contributed by atoms with E-state index in [0.717, 1.165) is 51.4 Å². The molecule has 2 heterocycles. The van der Waals surface area contributed by atoms with E-state index in [0.29, 0.717) is 23.3 Å². The Morgan fingerprint density at radius 2 is 1.72 bits per heavy atom. The first-order valence-electron chi connectivity index (χ1n) is 13.0. The molecule has 0 aliphatic rings. The Labute approximate surface area is 231 Å². The number of tetrazole rings is 1. The molecule has 0 unspecified atom stereocenters. The molecule has 39 heavy (non-hydrogen) atoms. The summed E-state index contributed by atoms with van der Waals surface area (Å²) in [5, 5.41) is 20.6. The molecule has 9 nitrogen and oxygen atoms in total. The second-order valence-corrected chi connectivity index (χ2v) is 11.2. The number of hydrogen-bond acceptors (Lipinski definition) is 7. The average Bonchev–Trinajstić information content (AvgIpc) is 3.60. The third-order valence-electron chi connectivity index (χ3n) is 6.18. The number of urea groups is 1. The van der Waals surface area contributed by atoms with E-state index in [1.807, 2.05) is 48.5 Å². The van der Waals surface area contributed by atoms with E-state index >= 15 is 0 Å². The molecule has 0 aliphatic carbocycles. The summed E-state index contributed by atoms with van der Waals surface area (Å²) in [4.78, 5) is 20.0. The molecular weight excluding hydrogens is 508 g/mol. The van der Waals surface area contributed by atoms with Crippen molar-refractivity contribution in [3.63, 3.8) is 0 Å². The third-order valence-corrected chi connectivity index (χ3v) is 6.98. The fraction of sp³-hybridized carbons (Fsp3) is 0.276. The third kappa shape index (κ3) is 6.23. The number of aromatic amines is 1. The number of amides is 2. The molecule has 2 aromatic heterocycles.